The molecule has 2 aromatic carbocycles. The maximum atomic E-state index is 13.6. The van der Waals surface area contributed by atoms with Crippen LogP contribution in [0.2, 0.25) is 0 Å². The fourth-order valence-electron chi connectivity index (χ4n) is 4.64. The fourth-order valence-corrected chi connectivity index (χ4v) is 5.59. The van der Waals surface area contributed by atoms with Crippen molar-refractivity contribution in [3.05, 3.63) is 84.7 Å². The number of hydrogen-bond acceptors (Lipinski definition) is 8. The van der Waals surface area contributed by atoms with Crippen LogP contribution in [0.5, 0.6) is 0 Å². The molecule has 1 saturated heterocycles. The van der Waals surface area contributed by atoms with E-state index in [0.717, 1.165) is 26.5 Å². The molecule has 3 aromatic heterocycles. The molecular formula is C29H26N6O2S. The zero-order chi connectivity index (χ0) is 26.1. The molecule has 6 rings (SSSR count). The molecule has 1 aliphatic rings. The average molecular weight is 523 g/mol. The first-order valence-electron chi connectivity index (χ1n) is 12.5. The minimum atomic E-state index is -0.313. The molecule has 1 aliphatic heterocycles. The van der Waals surface area contributed by atoms with E-state index in [2.05, 4.69) is 20.2 Å². The SMILES string of the molecule is C[C@@H]1CN(c2cc(C(=O)Nc3ccccc3-c3nc4cccnc4s3)nc(-c3ccccc3)n2)C[C@H](C)O1. The van der Waals surface area contributed by atoms with Gasteiger partial charge >= 0.3 is 0 Å². The van der Waals surface area contributed by atoms with Crippen molar-refractivity contribution < 1.29 is 9.53 Å². The molecule has 0 unspecified atom stereocenters. The van der Waals surface area contributed by atoms with Gasteiger partial charge in [0.15, 0.2) is 5.82 Å². The summed E-state index contributed by atoms with van der Waals surface area (Å²) < 4.78 is 5.91. The zero-order valence-electron chi connectivity index (χ0n) is 21.0. The first kappa shape index (κ1) is 24.1. The second-order valence-electron chi connectivity index (χ2n) is 9.31. The lowest BCUT2D eigenvalue weighted by molar-refractivity contribution is -0.00546. The van der Waals surface area contributed by atoms with Crippen molar-refractivity contribution in [1.29, 1.82) is 0 Å². The van der Waals surface area contributed by atoms with Crippen molar-refractivity contribution in [3.63, 3.8) is 0 Å². The predicted molar refractivity (Wildman–Crippen MR) is 150 cm³/mol. The van der Waals surface area contributed by atoms with Gasteiger partial charge in [-0.1, -0.05) is 53.8 Å². The third-order valence-corrected chi connectivity index (χ3v) is 7.31. The number of pyridine rings is 1. The Bertz CT molecular complexity index is 1560. The quantitative estimate of drug-likeness (QED) is 0.317. The van der Waals surface area contributed by atoms with E-state index in [0.29, 0.717) is 36.1 Å². The topological polar surface area (TPSA) is 93.1 Å². The largest absolute Gasteiger partial charge is 0.372 e. The third kappa shape index (κ3) is 4.98. The van der Waals surface area contributed by atoms with Crippen molar-refractivity contribution in [2.24, 2.45) is 0 Å². The van der Waals surface area contributed by atoms with Crippen LogP contribution in [0.25, 0.3) is 32.3 Å². The summed E-state index contributed by atoms with van der Waals surface area (Å²) in [5.74, 6) is 0.897. The van der Waals surface area contributed by atoms with E-state index in [4.69, 9.17) is 14.7 Å². The monoisotopic (exact) mass is 522 g/mol. The average Bonchev–Trinajstić information content (AvgIpc) is 3.37. The molecule has 1 N–H and O–H groups in total. The lowest BCUT2D eigenvalue weighted by atomic mass is 10.1. The highest BCUT2D eigenvalue weighted by Gasteiger charge is 2.25. The van der Waals surface area contributed by atoms with Gasteiger partial charge in [-0.3, -0.25) is 4.79 Å². The van der Waals surface area contributed by atoms with E-state index < -0.39 is 0 Å². The number of thiazole rings is 1. The van der Waals surface area contributed by atoms with Crippen LogP contribution < -0.4 is 10.2 Å². The van der Waals surface area contributed by atoms with Gasteiger partial charge in [-0.25, -0.2) is 19.9 Å². The molecule has 0 saturated carbocycles. The Kier molecular flexibility index (Phi) is 6.53. The van der Waals surface area contributed by atoms with Gasteiger partial charge in [-0.2, -0.15) is 0 Å². The van der Waals surface area contributed by atoms with Gasteiger partial charge in [0.2, 0.25) is 0 Å². The fraction of sp³-hybridized carbons (Fsp3) is 0.207. The van der Waals surface area contributed by atoms with Crippen molar-refractivity contribution in [2.75, 3.05) is 23.3 Å². The minimum absolute atomic E-state index is 0.0568. The summed E-state index contributed by atoms with van der Waals surface area (Å²) in [7, 11) is 0. The highest BCUT2D eigenvalue weighted by molar-refractivity contribution is 7.21. The van der Waals surface area contributed by atoms with Crippen molar-refractivity contribution >= 4 is 39.1 Å². The van der Waals surface area contributed by atoms with E-state index in [9.17, 15) is 4.79 Å². The number of anilines is 2. The summed E-state index contributed by atoms with van der Waals surface area (Å²) in [6.07, 6.45) is 1.87. The standard InChI is InChI=1S/C29H26N6O2S/c1-18-16-35(17-19(2)37-18)25-15-24(31-26(34-25)20-9-4-3-5-10-20)27(36)32-22-12-7-6-11-21(22)28-33-23-13-8-14-30-29(23)38-28/h3-15,18-19H,16-17H2,1-2H3,(H,32,36)/t18-,19+. The summed E-state index contributed by atoms with van der Waals surface area (Å²) in [4.78, 5) is 35.3. The van der Waals surface area contributed by atoms with Gasteiger partial charge in [0.25, 0.3) is 5.91 Å². The Morgan fingerprint density at radius 1 is 0.947 bits per heavy atom. The second-order valence-corrected chi connectivity index (χ2v) is 10.3. The molecule has 0 radical (unpaired) electrons. The van der Waals surface area contributed by atoms with E-state index >= 15 is 0 Å². The van der Waals surface area contributed by atoms with E-state index in [1.54, 1.807) is 12.3 Å². The lowest BCUT2D eigenvalue weighted by Gasteiger charge is -2.36. The van der Waals surface area contributed by atoms with Gasteiger partial charge in [0.05, 0.1) is 17.9 Å². The predicted octanol–water partition coefficient (Wildman–Crippen LogP) is 5.68. The van der Waals surface area contributed by atoms with Gasteiger partial charge in [-0.15, -0.1) is 0 Å². The highest BCUT2D eigenvalue weighted by atomic mass is 32.1. The van der Waals surface area contributed by atoms with Gasteiger partial charge in [0, 0.05) is 36.5 Å². The van der Waals surface area contributed by atoms with Crippen molar-refractivity contribution in [2.45, 2.75) is 26.1 Å². The molecule has 0 spiro atoms. The molecule has 1 fully saturated rings. The van der Waals surface area contributed by atoms with E-state index in [1.807, 2.05) is 80.6 Å². The van der Waals surface area contributed by atoms with Crippen LogP contribution in [0.4, 0.5) is 11.5 Å². The molecular weight excluding hydrogens is 496 g/mol. The summed E-state index contributed by atoms with van der Waals surface area (Å²) in [5, 5.41) is 3.86. The molecule has 1 amide bonds. The lowest BCUT2D eigenvalue weighted by Crippen LogP contribution is -2.46. The summed E-state index contributed by atoms with van der Waals surface area (Å²) in [6.45, 7) is 5.46. The molecule has 0 aliphatic carbocycles. The smallest absolute Gasteiger partial charge is 0.274 e. The number of ether oxygens (including phenoxy) is 1. The number of carbonyl (C=O) groups excluding carboxylic acids is 1. The zero-order valence-corrected chi connectivity index (χ0v) is 21.9. The maximum Gasteiger partial charge on any atom is 0.274 e. The Balaban J connectivity index is 1.36. The highest BCUT2D eigenvalue weighted by Crippen LogP contribution is 2.34. The van der Waals surface area contributed by atoms with Crippen LogP contribution in [0.15, 0.2) is 79.0 Å². The summed E-state index contributed by atoms with van der Waals surface area (Å²) >= 11 is 1.49. The number of fused-ring (bicyclic) bond motifs is 1. The molecule has 38 heavy (non-hydrogen) atoms. The van der Waals surface area contributed by atoms with E-state index in [1.165, 1.54) is 11.3 Å². The molecule has 4 heterocycles. The first-order valence-corrected chi connectivity index (χ1v) is 13.3. The Labute approximate surface area is 224 Å². The number of benzene rings is 2. The number of carbonyl (C=O) groups is 1. The van der Waals surface area contributed by atoms with Crippen molar-refractivity contribution in [3.8, 4) is 22.0 Å². The second kappa shape index (κ2) is 10.3. The molecule has 8 nitrogen and oxygen atoms in total. The molecule has 2 atom stereocenters. The Morgan fingerprint density at radius 2 is 1.71 bits per heavy atom. The molecule has 5 aromatic rings. The van der Waals surface area contributed by atoms with Gasteiger partial charge < -0.3 is 15.0 Å². The Hall–Kier alpha value is -4.21. The molecule has 9 heteroatoms. The van der Waals surface area contributed by atoms with Crippen LogP contribution in [0.3, 0.4) is 0 Å². The Morgan fingerprint density at radius 3 is 2.50 bits per heavy atom. The molecule has 190 valence electrons. The number of nitrogens with one attached hydrogen (secondary N) is 1. The number of hydrogen-bond donors (Lipinski definition) is 1. The van der Waals surface area contributed by atoms with Crippen LogP contribution in [-0.4, -0.2) is 51.1 Å². The maximum absolute atomic E-state index is 13.6. The van der Waals surface area contributed by atoms with Crippen LogP contribution in [0.1, 0.15) is 24.3 Å². The number of para-hydroxylation sites is 1. The van der Waals surface area contributed by atoms with Crippen LogP contribution in [0, 0.1) is 0 Å². The first-order chi connectivity index (χ1) is 18.5. The van der Waals surface area contributed by atoms with Crippen LogP contribution in [-0.2, 0) is 4.74 Å². The van der Waals surface area contributed by atoms with Crippen molar-refractivity contribution in [1.82, 2.24) is 19.9 Å². The number of nitrogens with zero attached hydrogens (tertiary/aromatic N) is 5. The summed E-state index contributed by atoms with van der Waals surface area (Å²) in [5.41, 5.74) is 3.46. The third-order valence-electron chi connectivity index (χ3n) is 6.29. The number of aromatic nitrogens is 4. The van der Waals surface area contributed by atoms with E-state index in [-0.39, 0.29) is 18.1 Å². The van der Waals surface area contributed by atoms with Gasteiger partial charge in [0.1, 0.15) is 26.9 Å². The number of morpholine rings is 1. The van der Waals surface area contributed by atoms with Gasteiger partial charge in [-0.05, 0) is 38.1 Å². The minimum Gasteiger partial charge on any atom is -0.372 e. The normalized spacial score (nSPS) is 17.5. The number of rotatable bonds is 5. The summed E-state index contributed by atoms with van der Waals surface area (Å²) in [6, 6.07) is 22.9. The molecule has 0 bridgehead atoms. The number of amides is 1. The van der Waals surface area contributed by atoms with Crippen LogP contribution >= 0.6 is 11.3 Å².